The predicted octanol–water partition coefficient (Wildman–Crippen LogP) is 3.55. The third kappa shape index (κ3) is 4.72. The van der Waals surface area contributed by atoms with Gasteiger partial charge in [0, 0.05) is 49.5 Å². The minimum Gasteiger partial charge on any atom is -0.378 e. The highest BCUT2D eigenvalue weighted by Crippen LogP contribution is 2.30. The zero-order valence-corrected chi connectivity index (χ0v) is 17.5. The Hall–Kier alpha value is -2.91. The number of rotatable bonds is 5. The number of ether oxygens (including phenoxy) is 1. The van der Waals surface area contributed by atoms with E-state index in [1.807, 2.05) is 4.90 Å². The van der Waals surface area contributed by atoms with E-state index >= 15 is 0 Å². The number of nitrogens with zero attached hydrogens (tertiary/aromatic N) is 3. The zero-order chi connectivity index (χ0) is 22.0. The van der Waals surface area contributed by atoms with Gasteiger partial charge in [0.25, 0.3) is 11.6 Å². The van der Waals surface area contributed by atoms with Gasteiger partial charge in [0.1, 0.15) is 11.5 Å². The minimum absolute atomic E-state index is 0.0386. The van der Waals surface area contributed by atoms with Crippen LogP contribution in [0.15, 0.2) is 36.4 Å². The van der Waals surface area contributed by atoms with E-state index in [0.29, 0.717) is 45.1 Å². The molecule has 2 aromatic rings. The summed E-state index contributed by atoms with van der Waals surface area (Å²) in [7, 11) is 0. The molecule has 2 aliphatic rings. The summed E-state index contributed by atoms with van der Waals surface area (Å²) < 4.78 is 18.7. The van der Waals surface area contributed by atoms with Crippen LogP contribution in [0.4, 0.5) is 21.5 Å². The fourth-order valence-corrected chi connectivity index (χ4v) is 4.08. The van der Waals surface area contributed by atoms with Crippen LogP contribution in [0, 0.1) is 15.9 Å². The van der Waals surface area contributed by atoms with Gasteiger partial charge in [-0.25, -0.2) is 4.39 Å². The van der Waals surface area contributed by atoms with Gasteiger partial charge in [-0.15, -0.1) is 0 Å². The molecule has 2 fully saturated rings. The molecule has 0 aliphatic carbocycles. The van der Waals surface area contributed by atoms with Crippen LogP contribution in [-0.2, 0) is 4.74 Å². The molecule has 31 heavy (non-hydrogen) atoms. The Bertz CT molecular complexity index is 999. The first-order valence-corrected chi connectivity index (χ1v) is 10.4. The predicted molar refractivity (Wildman–Crippen MR) is 115 cm³/mol. The standard InChI is InChI=1S/C21H22ClFN4O4/c22-17-12-16(2-3-18(17)23)26-6-5-15(13-26)24-19-4-1-14(11-20(19)27(29)30)21(28)25-7-9-31-10-8-25/h1-4,11-12,15,24H,5-10,13H2. The molecule has 0 bridgehead atoms. The summed E-state index contributed by atoms with van der Waals surface area (Å²) in [6.45, 7) is 3.17. The van der Waals surface area contributed by atoms with Crippen molar-refractivity contribution in [2.24, 2.45) is 0 Å². The lowest BCUT2D eigenvalue weighted by molar-refractivity contribution is -0.384. The van der Waals surface area contributed by atoms with Gasteiger partial charge in [0.2, 0.25) is 0 Å². The molecule has 2 aromatic carbocycles. The summed E-state index contributed by atoms with van der Waals surface area (Å²) in [5.41, 5.74) is 1.32. The molecule has 2 heterocycles. The van der Waals surface area contributed by atoms with E-state index in [0.717, 1.165) is 12.1 Å². The van der Waals surface area contributed by atoms with Crippen molar-refractivity contribution in [3.8, 4) is 0 Å². The maximum absolute atomic E-state index is 13.4. The minimum atomic E-state index is -0.481. The highest BCUT2D eigenvalue weighted by Gasteiger charge is 2.27. The monoisotopic (exact) mass is 448 g/mol. The normalized spacial score (nSPS) is 18.8. The van der Waals surface area contributed by atoms with E-state index in [9.17, 15) is 19.3 Å². The second-order valence-electron chi connectivity index (χ2n) is 7.57. The van der Waals surface area contributed by atoms with Crippen molar-refractivity contribution in [1.82, 2.24) is 4.90 Å². The molecule has 2 aliphatic heterocycles. The van der Waals surface area contributed by atoms with E-state index in [4.69, 9.17) is 16.3 Å². The van der Waals surface area contributed by atoms with Gasteiger partial charge in [-0.1, -0.05) is 11.6 Å². The van der Waals surface area contributed by atoms with Crippen molar-refractivity contribution in [1.29, 1.82) is 0 Å². The van der Waals surface area contributed by atoms with Gasteiger partial charge < -0.3 is 19.9 Å². The molecule has 8 nitrogen and oxygen atoms in total. The van der Waals surface area contributed by atoms with Crippen LogP contribution < -0.4 is 10.2 Å². The molecule has 4 rings (SSSR count). The third-order valence-electron chi connectivity index (χ3n) is 5.56. The number of halogens is 2. The number of nitrogens with one attached hydrogen (secondary N) is 1. The highest BCUT2D eigenvalue weighted by molar-refractivity contribution is 6.31. The molecule has 1 atom stereocenters. The average molecular weight is 449 g/mol. The first-order chi connectivity index (χ1) is 14.9. The number of carbonyl (C=O) groups excluding carboxylic acids is 1. The molecule has 0 aromatic heterocycles. The summed E-state index contributed by atoms with van der Waals surface area (Å²) in [6.07, 6.45) is 0.751. The summed E-state index contributed by atoms with van der Waals surface area (Å²) in [6, 6.07) is 9.05. The zero-order valence-electron chi connectivity index (χ0n) is 16.7. The molecule has 10 heteroatoms. The molecular formula is C21H22ClFN4O4. The summed E-state index contributed by atoms with van der Waals surface area (Å²) in [5.74, 6) is -0.709. The number of morpholine rings is 1. The fraction of sp³-hybridized carbons (Fsp3) is 0.381. The Labute approximate surface area is 183 Å². The number of benzene rings is 2. The highest BCUT2D eigenvalue weighted by atomic mass is 35.5. The van der Waals surface area contributed by atoms with E-state index in [2.05, 4.69) is 5.32 Å². The van der Waals surface area contributed by atoms with Crippen LogP contribution in [0.2, 0.25) is 5.02 Å². The molecule has 1 amide bonds. The van der Waals surface area contributed by atoms with Gasteiger partial charge in [-0.05, 0) is 36.8 Å². The molecule has 0 saturated carbocycles. The second-order valence-corrected chi connectivity index (χ2v) is 7.98. The molecule has 2 saturated heterocycles. The maximum atomic E-state index is 13.4. The number of nitro benzene ring substituents is 1. The second kappa shape index (κ2) is 9.07. The van der Waals surface area contributed by atoms with Crippen LogP contribution in [0.5, 0.6) is 0 Å². The summed E-state index contributed by atoms with van der Waals surface area (Å²) >= 11 is 5.88. The van der Waals surface area contributed by atoms with Crippen molar-refractivity contribution < 1.29 is 18.8 Å². The van der Waals surface area contributed by atoms with Gasteiger partial charge in [-0.3, -0.25) is 14.9 Å². The Morgan fingerprint density at radius 2 is 1.97 bits per heavy atom. The van der Waals surface area contributed by atoms with Gasteiger partial charge in [0.05, 0.1) is 23.2 Å². The Balaban J connectivity index is 1.47. The molecule has 0 radical (unpaired) electrons. The van der Waals surface area contributed by atoms with Crippen molar-refractivity contribution in [3.05, 3.63) is 62.9 Å². The summed E-state index contributed by atoms with van der Waals surface area (Å²) in [5, 5.41) is 14.9. The lowest BCUT2D eigenvalue weighted by Gasteiger charge is -2.27. The van der Waals surface area contributed by atoms with Crippen LogP contribution in [0.3, 0.4) is 0 Å². The lowest BCUT2D eigenvalue weighted by Crippen LogP contribution is -2.40. The van der Waals surface area contributed by atoms with Crippen molar-refractivity contribution >= 4 is 34.6 Å². The number of nitro groups is 1. The smallest absolute Gasteiger partial charge is 0.293 e. The van der Waals surface area contributed by atoms with Crippen molar-refractivity contribution in [3.63, 3.8) is 0 Å². The largest absolute Gasteiger partial charge is 0.378 e. The first kappa shape index (κ1) is 21.3. The van der Waals surface area contributed by atoms with Gasteiger partial charge >= 0.3 is 0 Å². The van der Waals surface area contributed by atoms with Crippen molar-refractivity contribution in [2.75, 3.05) is 49.6 Å². The van der Waals surface area contributed by atoms with E-state index < -0.39 is 10.7 Å². The molecule has 0 spiro atoms. The van der Waals surface area contributed by atoms with Crippen LogP contribution in [-0.4, -0.2) is 61.2 Å². The molecule has 164 valence electrons. The number of hydrogen-bond acceptors (Lipinski definition) is 6. The van der Waals surface area contributed by atoms with Crippen LogP contribution in [0.25, 0.3) is 0 Å². The molecular weight excluding hydrogens is 427 g/mol. The topological polar surface area (TPSA) is 88.0 Å². The van der Waals surface area contributed by atoms with E-state index in [1.165, 1.54) is 12.1 Å². The third-order valence-corrected chi connectivity index (χ3v) is 5.85. The van der Waals surface area contributed by atoms with Crippen molar-refractivity contribution in [2.45, 2.75) is 12.5 Å². The summed E-state index contributed by atoms with van der Waals surface area (Å²) in [4.78, 5) is 27.5. The molecule has 1 N–H and O–H groups in total. The fourth-order valence-electron chi connectivity index (χ4n) is 3.90. The molecule has 1 unspecified atom stereocenters. The maximum Gasteiger partial charge on any atom is 0.293 e. The lowest BCUT2D eigenvalue weighted by atomic mass is 10.1. The SMILES string of the molecule is O=C(c1ccc(NC2CCN(c3ccc(F)c(Cl)c3)C2)c([N+](=O)[O-])c1)N1CCOCC1. The Morgan fingerprint density at radius 3 is 2.68 bits per heavy atom. The Kier molecular flexibility index (Phi) is 6.24. The Morgan fingerprint density at radius 1 is 1.19 bits per heavy atom. The average Bonchev–Trinajstić information content (AvgIpc) is 3.24. The number of anilines is 2. The van der Waals surface area contributed by atoms with Crippen LogP contribution >= 0.6 is 11.6 Å². The number of carbonyl (C=O) groups is 1. The number of hydrogen-bond donors (Lipinski definition) is 1. The quantitative estimate of drug-likeness (QED) is 0.556. The number of amides is 1. The van der Waals surface area contributed by atoms with E-state index in [-0.39, 0.29) is 28.2 Å². The van der Waals surface area contributed by atoms with E-state index in [1.54, 1.807) is 29.2 Å². The van der Waals surface area contributed by atoms with Crippen LogP contribution in [0.1, 0.15) is 16.8 Å². The first-order valence-electron chi connectivity index (χ1n) is 10.0. The van der Waals surface area contributed by atoms with Gasteiger partial charge in [-0.2, -0.15) is 0 Å². The van der Waals surface area contributed by atoms with Gasteiger partial charge in [0.15, 0.2) is 0 Å².